The Morgan fingerprint density at radius 3 is 2.53 bits per heavy atom. The lowest BCUT2D eigenvalue weighted by Crippen LogP contribution is -2.41. The minimum Gasteiger partial charge on any atom is -0.311 e. The third-order valence-electron chi connectivity index (χ3n) is 4.34. The van der Waals surface area contributed by atoms with E-state index >= 15 is 0 Å². The molecule has 0 aliphatic heterocycles. The smallest absolute Gasteiger partial charge is 0.126 e. The monoisotopic (exact) mass is 263 g/mol. The Morgan fingerprint density at radius 1 is 1.26 bits per heavy atom. The van der Waals surface area contributed by atoms with E-state index in [0.717, 1.165) is 12.0 Å². The van der Waals surface area contributed by atoms with Crippen molar-refractivity contribution in [3.8, 4) is 0 Å². The van der Waals surface area contributed by atoms with Crippen LogP contribution in [0, 0.1) is 11.2 Å². The van der Waals surface area contributed by atoms with Gasteiger partial charge in [0.15, 0.2) is 0 Å². The highest BCUT2D eigenvalue weighted by Crippen LogP contribution is 2.35. The molecule has 0 saturated heterocycles. The van der Waals surface area contributed by atoms with Crippen molar-refractivity contribution in [1.29, 1.82) is 0 Å². The van der Waals surface area contributed by atoms with Gasteiger partial charge in [0.25, 0.3) is 0 Å². The van der Waals surface area contributed by atoms with Crippen molar-refractivity contribution in [2.24, 2.45) is 5.41 Å². The Hall–Kier alpha value is -0.890. The van der Waals surface area contributed by atoms with Crippen LogP contribution in [0.15, 0.2) is 24.3 Å². The van der Waals surface area contributed by atoms with E-state index in [2.05, 4.69) is 26.1 Å². The molecule has 0 aromatic heterocycles. The van der Waals surface area contributed by atoms with Crippen LogP contribution in [0.3, 0.4) is 0 Å². The molecule has 0 heterocycles. The molecule has 1 aliphatic carbocycles. The lowest BCUT2D eigenvalue weighted by Gasteiger charge is -2.36. The van der Waals surface area contributed by atoms with E-state index < -0.39 is 0 Å². The molecule has 1 aromatic rings. The van der Waals surface area contributed by atoms with Crippen LogP contribution in [0.4, 0.5) is 4.39 Å². The zero-order valence-corrected chi connectivity index (χ0v) is 12.4. The van der Waals surface area contributed by atoms with Gasteiger partial charge in [0.1, 0.15) is 5.82 Å². The van der Waals surface area contributed by atoms with E-state index in [4.69, 9.17) is 0 Å². The van der Waals surface area contributed by atoms with Gasteiger partial charge in [0, 0.05) is 12.1 Å². The van der Waals surface area contributed by atoms with Crippen LogP contribution in [0.25, 0.3) is 0 Å². The third kappa shape index (κ3) is 4.31. The maximum atomic E-state index is 13.6. The molecule has 1 aliphatic rings. The fourth-order valence-corrected chi connectivity index (χ4v) is 3.02. The normalized spacial score (nSPS) is 21.3. The highest BCUT2D eigenvalue weighted by molar-refractivity contribution is 5.18. The maximum absolute atomic E-state index is 13.6. The zero-order chi connectivity index (χ0) is 13.9. The fourth-order valence-electron chi connectivity index (χ4n) is 3.02. The zero-order valence-electron chi connectivity index (χ0n) is 12.4. The van der Waals surface area contributed by atoms with Gasteiger partial charge in [-0.3, -0.25) is 0 Å². The lowest BCUT2D eigenvalue weighted by atomic mass is 9.75. The van der Waals surface area contributed by atoms with Gasteiger partial charge in [-0.2, -0.15) is 0 Å². The fraction of sp³-hybridized carbons (Fsp3) is 0.647. The number of nitrogens with one attached hydrogen (secondary N) is 1. The first kappa shape index (κ1) is 14.5. The van der Waals surface area contributed by atoms with Gasteiger partial charge in [-0.05, 0) is 56.1 Å². The van der Waals surface area contributed by atoms with Crippen molar-refractivity contribution in [1.82, 2.24) is 5.32 Å². The van der Waals surface area contributed by atoms with E-state index in [0.29, 0.717) is 17.5 Å². The van der Waals surface area contributed by atoms with Gasteiger partial charge in [-0.25, -0.2) is 4.39 Å². The van der Waals surface area contributed by atoms with E-state index in [1.54, 1.807) is 12.1 Å². The van der Waals surface area contributed by atoms with Gasteiger partial charge in [0.05, 0.1) is 0 Å². The summed E-state index contributed by atoms with van der Waals surface area (Å²) in [4.78, 5) is 0. The minimum absolute atomic E-state index is 0.0825. The quantitative estimate of drug-likeness (QED) is 0.853. The molecule has 1 fully saturated rings. The molecule has 1 aromatic carbocycles. The van der Waals surface area contributed by atoms with Gasteiger partial charge in [-0.15, -0.1) is 0 Å². The molecule has 1 saturated carbocycles. The second-order valence-corrected chi connectivity index (χ2v) is 6.80. The van der Waals surface area contributed by atoms with Crippen LogP contribution in [0.5, 0.6) is 0 Å². The molecular weight excluding hydrogens is 237 g/mol. The maximum Gasteiger partial charge on any atom is 0.126 e. The molecule has 0 radical (unpaired) electrons. The summed E-state index contributed by atoms with van der Waals surface area (Å²) in [6.45, 7) is 6.87. The van der Waals surface area contributed by atoms with Crippen LogP contribution in [0.2, 0.25) is 0 Å². The molecule has 0 spiro atoms. The van der Waals surface area contributed by atoms with Crippen LogP contribution in [-0.4, -0.2) is 12.1 Å². The molecule has 2 heteroatoms. The predicted molar refractivity (Wildman–Crippen MR) is 78.7 cm³/mol. The van der Waals surface area contributed by atoms with Crippen molar-refractivity contribution in [2.45, 2.75) is 65.0 Å². The molecule has 19 heavy (non-hydrogen) atoms. The van der Waals surface area contributed by atoms with Crippen LogP contribution >= 0.6 is 0 Å². The van der Waals surface area contributed by atoms with Crippen LogP contribution in [-0.2, 0) is 6.42 Å². The summed E-state index contributed by atoms with van der Waals surface area (Å²) < 4.78 is 13.6. The highest BCUT2D eigenvalue weighted by Gasteiger charge is 2.27. The Bertz CT molecular complexity index is 403. The molecule has 2 rings (SSSR count). The van der Waals surface area contributed by atoms with Gasteiger partial charge < -0.3 is 5.32 Å². The summed E-state index contributed by atoms with van der Waals surface area (Å²) in [5.41, 5.74) is 1.33. The first-order valence-electron chi connectivity index (χ1n) is 7.46. The minimum atomic E-state index is -0.0825. The summed E-state index contributed by atoms with van der Waals surface area (Å²) in [5, 5.41) is 3.67. The van der Waals surface area contributed by atoms with Crippen molar-refractivity contribution >= 4 is 0 Å². The van der Waals surface area contributed by atoms with Crippen molar-refractivity contribution < 1.29 is 4.39 Å². The number of rotatable bonds is 4. The van der Waals surface area contributed by atoms with E-state index in [1.807, 2.05) is 12.1 Å². The summed E-state index contributed by atoms with van der Waals surface area (Å²) >= 11 is 0. The molecule has 1 N–H and O–H groups in total. The Balaban J connectivity index is 1.82. The Kier molecular flexibility index (Phi) is 4.62. The predicted octanol–water partition coefficient (Wildman–Crippen LogP) is 4.32. The standard InChI is InChI=1S/C17H26FN/c1-13(12-14-6-4-5-7-16(14)18)19-15-8-10-17(2,3)11-9-15/h4-7,13,15,19H,8-12H2,1-3H3. The molecule has 1 unspecified atom stereocenters. The number of hydrogen-bond donors (Lipinski definition) is 1. The highest BCUT2D eigenvalue weighted by atomic mass is 19.1. The van der Waals surface area contributed by atoms with Crippen molar-refractivity contribution in [3.63, 3.8) is 0 Å². The van der Waals surface area contributed by atoms with Gasteiger partial charge in [-0.1, -0.05) is 32.0 Å². The third-order valence-corrected chi connectivity index (χ3v) is 4.34. The van der Waals surface area contributed by atoms with Crippen LogP contribution in [0.1, 0.15) is 52.0 Å². The molecule has 1 atom stereocenters. The first-order chi connectivity index (χ1) is 8.96. The van der Waals surface area contributed by atoms with E-state index in [1.165, 1.54) is 25.7 Å². The van der Waals surface area contributed by atoms with Crippen molar-refractivity contribution in [2.75, 3.05) is 0 Å². The SMILES string of the molecule is CC(Cc1ccccc1F)NC1CCC(C)(C)CC1. The average molecular weight is 263 g/mol. The molecular formula is C17H26FN. The summed E-state index contributed by atoms with van der Waals surface area (Å²) in [5.74, 6) is -0.0825. The number of benzene rings is 1. The Labute approximate surface area is 116 Å². The van der Waals surface area contributed by atoms with Gasteiger partial charge >= 0.3 is 0 Å². The van der Waals surface area contributed by atoms with E-state index in [9.17, 15) is 4.39 Å². The second-order valence-electron chi connectivity index (χ2n) is 6.80. The number of hydrogen-bond acceptors (Lipinski definition) is 1. The lowest BCUT2D eigenvalue weighted by molar-refractivity contribution is 0.199. The second kappa shape index (κ2) is 6.04. The summed E-state index contributed by atoms with van der Waals surface area (Å²) in [6, 6.07) is 8.04. The molecule has 0 amide bonds. The molecule has 1 nitrogen and oxygen atoms in total. The first-order valence-corrected chi connectivity index (χ1v) is 7.46. The van der Waals surface area contributed by atoms with E-state index in [-0.39, 0.29) is 5.82 Å². The molecule has 0 bridgehead atoms. The Morgan fingerprint density at radius 2 is 1.89 bits per heavy atom. The summed E-state index contributed by atoms with van der Waals surface area (Å²) in [6.07, 6.45) is 5.84. The largest absolute Gasteiger partial charge is 0.311 e. The summed E-state index contributed by atoms with van der Waals surface area (Å²) in [7, 11) is 0. The van der Waals surface area contributed by atoms with Crippen LogP contribution < -0.4 is 5.32 Å². The van der Waals surface area contributed by atoms with Gasteiger partial charge in [0.2, 0.25) is 0 Å². The topological polar surface area (TPSA) is 12.0 Å². The molecule has 106 valence electrons. The number of halogens is 1. The average Bonchev–Trinajstić information content (AvgIpc) is 2.35. The van der Waals surface area contributed by atoms with Crippen molar-refractivity contribution in [3.05, 3.63) is 35.6 Å².